The number of nitrogens with one attached hydrogen (secondary N) is 1. The van der Waals surface area contributed by atoms with E-state index in [0.29, 0.717) is 11.3 Å². The number of carboxylic acid groups (broad SMARTS) is 1. The number of nitrogens with zero attached hydrogens (tertiary/aromatic N) is 1. The fraction of sp³-hybridized carbons (Fsp3) is 0.0833. The smallest absolute Gasteiger partial charge is 0.266 e. The van der Waals surface area contributed by atoms with Gasteiger partial charge in [0.25, 0.3) is 17.7 Å². The number of carbonyl (C=O) groups is 4. The molecule has 31 heavy (non-hydrogen) atoms. The van der Waals surface area contributed by atoms with Gasteiger partial charge in [0.1, 0.15) is 0 Å². The van der Waals surface area contributed by atoms with Crippen molar-refractivity contribution in [1.82, 2.24) is 0 Å². The van der Waals surface area contributed by atoms with Crippen molar-refractivity contribution in [3.05, 3.63) is 94.0 Å². The number of anilines is 2. The summed E-state index contributed by atoms with van der Waals surface area (Å²) in [6.45, 7) is 3.88. The van der Waals surface area contributed by atoms with Gasteiger partial charge in [-0.3, -0.25) is 14.4 Å². The van der Waals surface area contributed by atoms with Crippen LogP contribution >= 0.6 is 0 Å². The second-order valence-corrected chi connectivity index (χ2v) is 7.37. The number of amides is 3. The van der Waals surface area contributed by atoms with Crippen molar-refractivity contribution >= 4 is 35.1 Å². The number of aryl methyl sites for hydroxylation is 2. The number of imide groups is 1. The number of carbonyl (C=O) groups excluding carboxylic acids is 4. The van der Waals surface area contributed by atoms with Crippen molar-refractivity contribution in [1.29, 1.82) is 0 Å². The summed E-state index contributed by atoms with van der Waals surface area (Å²) in [5, 5.41) is 13.9. The van der Waals surface area contributed by atoms with Crippen LogP contribution in [0.2, 0.25) is 0 Å². The average Bonchev–Trinajstić information content (AvgIpc) is 2.97. The van der Waals surface area contributed by atoms with Crippen LogP contribution in [0.1, 0.15) is 52.6 Å². The normalized spacial score (nSPS) is 12.6. The van der Waals surface area contributed by atoms with Gasteiger partial charge < -0.3 is 15.2 Å². The van der Waals surface area contributed by atoms with E-state index in [1.54, 1.807) is 0 Å². The van der Waals surface area contributed by atoms with Crippen LogP contribution in [0.25, 0.3) is 0 Å². The number of hydrogen-bond acceptors (Lipinski definition) is 5. The largest absolute Gasteiger partial charge is 0.545 e. The summed E-state index contributed by atoms with van der Waals surface area (Å²) in [5.74, 6) is -2.94. The van der Waals surface area contributed by atoms with E-state index in [1.807, 2.05) is 32.0 Å². The summed E-state index contributed by atoms with van der Waals surface area (Å²) >= 11 is 0. The van der Waals surface area contributed by atoms with Gasteiger partial charge in [0.15, 0.2) is 0 Å². The van der Waals surface area contributed by atoms with Gasteiger partial charge in [-0.15, -0.1) is 0 Å². The molecule has 0 aliphatic carbocycles. The molecule has 1 heterocycles. The van der Waals surface area contributed by atoms with E-state index >= 15 is 0 Å². The van der Waals surface area contributed by atoms with E-state index in [-0.39, 0.29) is 28.3 Å². The van der Waals surface area contributed by atoms with Crippen LogP contribution in [-0.4, -0.2) is 23.7 Å². The Labute approximate surface area is 177 Å². The average molecular weight is 413 g/mol. The van der Waals surface area contributed by atoms with E-state index in [2.05, 4.69) is 5.32 Å². The highest BCUT2D eigenvalue weighted by Crippen LogP contribution is 2.29. The summed E-state index contributed by atoms with van der Waals surface area (Å²) in [4.78, 5) is 50.0. The third-order valence-corrected chi connectivity index (χ3v) is 4.99. The summed E-state index contributed by atoms with van der Waals surface area (Å²) < 4.78 is 0. The highest BCUT2D eigenvalue weighted by Gasteiger charge is 2.36. The number of hydrogen-bond donors (Lipinski definition) is 1. The molecule has 0 spiro atoms. The zero-order chi connectivity index (χ0) is 22.3. The Morgan fingerprint density at radius 3 is 1.97 bits per heavy atom. The molecule has 0 unspecified atom stereocenters. The predicted octanol–water partition coefficient (Wildman–Crippen LogP) is 2.72. The van der Waals surface area contributed by atoms with Crippen molar-refractivity contribution in [3.8, 4) is 0 Å². The Kier molecular flexibility index (Phi) is 4.87. The molecule has 0 radical (unpaired) electrons. The predicted molar refractivity (Wildman–Crippen MR) is 112 cm³/mol. The molecular formula is C24H17N2O5-. The fourth-order valence-electron chi connectivity index (χ4n) is 3.61. The molecule has 154 valence electrons. The van der Waals surface area contributed by atoms with E-state index in [1.165, 1.54) is 36.4 Å². The fourth-order valence-corrected chi connectivity index (χ4v) is 3.61. The number of aromatic carboxylic acids is 1. The SMILES string of the molecule is Cc1cc(C)cc(NC(=O)c2ccc(N3C(=O)c4ccc(C(=O)[O-])cc4C3=O)cc2)c1. The first-order valence-corrected chi connectivity index (χ1v) is 9.48. The van der Waals surface area contributed by atoms with Crippen LogP contribution in [0.3, 0.4) is 0 Å². The third kappa shape index (κ3) is 3.69. The van der Waals surface area contributed by atoms with Gasteiger partial charge in [-0.2, -0.15) is 0 Å². The first-order valence-electron chi connectivity index (χ1n) is 9.48. The molecule has 0 atom stereocenters. The minimum absolute atomic E-state index is 0.00309. The molecule has 3 aromatic rings. The molecule has 1 aliphatic rings. The maximum Gasteiger partial charge on any atom is 0.266 e. The second-order valence-electron chi connectivity index (χ2n) is 7.37. The van der Waals surface area contributed by atoms with Crippen LogP contribution in [-0.2, 0) is 0 Å². The van der Waals surface area contributed by atoms with E-state index in [0.717, 1.165) is 22.1 Å². The highest BCUT2D eigenvalue weighted by molar-refractivity contribution is 6.34. The van der Waals surface area contributed by atoms with Gasteiger partial charge in [0.2, 0.25) is 0 Å². The molecular weight excluding hydrogens is 396 g/mol. The zero-order valence-corrected chi connectivity index (χ0v) is 16.8. The summed E-state index contributed by atoms with van der Waals surface area (Å²) in [6.07, 6.45) is 0. The molecule has 1 N–H and O–H groups in total. The van der Waals surface area contributed by atoms with Crippen molar-refractivity contribution in [2.24, 2.45) is 0 Å². The van der Waals surface area contributed by atoms with Crippen LogP contribution in [0, 0.1) is 13.8 Å². The minimum Gasteiger partial charge on any atom is -0.545 e. The molecule has 3 amide bonds. The van der Waals surface area contributed by atoms with E-state index in [9.17, 15) is 24.3 Å². The van der Waals surface area contributed by atoms with Crippen molar-refractivity contribution < 1.29 is 24.3 Å². The summed E-state index contributed by atoms with van der Waals surface area (Å²) in [6, 6.07) is 15.4. The molecule has 1 aliphatic heterocycles. The topological polar surface area (TPSA) is 107 Å². The lowest BCUT2D eigenvalue weighted by molar-refractivity contribution is -0.255. The second kappa shape index (κ2) is 7.53. The molecule has 7 heteroatoms. The molecule has 0 saturated heterocycles. The van der Waals surface area contributed by atoms with Crippen molar-refractivity contribution in [2.75, 3.05) is 10.2 Å². The van der Waals surface area contributed by atoms with Crippen LogP contribution in [0.4, 0.5) is 11.4 Å². The summed E-state index contributed by atoms with van der Waals surface area (Å²) in [7, 11) is 0. The zero-order valence-electron chi connectivity index (χ0n) is 16.8. The first kappa shape index (κ1) is 20.0. The quantitative estimate of drug-likeness (QED) is 0.662. The van der Waals surface area contributed by atoms with Gasteiger partial charge >= 0.3 is 0 Å². The van der Waals surface area contributed by atoms with Gasteiger partial charge in [0, 0.05) is 11.3 Å². The van der Waals surface area contributed by atoms with Crippen molar-refractivity contribution in [2.45, 2.75) is 13.8 Å². The monoisotopic (exact) mass is 413 g/mol. The molecule has 0 bridgehead atoms. The molecule has 0 aromatic heterocycles. The minimum atomic E-state index is -1.43. The van der Waals surface area contributed by atoms with Gasteiger partial charge in [-0.1, -0.05) is 12.1 Å². The number of benzene rings is 3. The Morgan fingerprint density at radius 1 is 0.774 bits per heavy atom. The maximum atomic E-state index is 12.7. The van der Waals surface area contributed by atoms with Crippen LogP contribution in [0.15, 0.2) is 60.7 Å². The van der Waals surface area contributed by atoms with Crippen LogP contribution in [0.5, 0.6) is 0 Å². The lowest BCUT2D eigenvalue weighted by atomic mass is 10.1. The number of rotatable bonds is 4. The van der Waals surface area contributed by atoms with Gasteiger partial charge in [0.05, 0.1) is 22.8 Å². The Balaban J connectivity index is 1.56. The molecule has 4 rings (SSSR count). The van der Waals surface area contributed by atoms with E-state index < -0.39 is 17.8 Å². The first-order chi connectivity index (χ1) is 14.7. The molecule has 7 nitrogen and oxygen atoms in total. The molecule has 0 fully saturated rings. The van der Waals surface area contributed by atoms with Gasteiger partial charge in [-0.25, -0.2) is 4.90 Å². The Hall–Kier alpha value is -4.26. The third-order valence-electron chi connectivity index (χ3n) is 4.99. The van der Waals surface area contributed by atoms with E-state index in [4.69, 9.17) is 0 Å². The standard InChI is InChI=1S/C24H18N2O5/c1-13-9-14(2)11-17(10-13)25-21(27)15-3-6-18(7-4-15)26-22(28)19-8-5-16(24(30)31)12-20(19)23(26)29/h3-12H,1-2H3,(H,25,27)(H,30,31)/p-1. The van der Waals surface area contributed by atoms with Crippen LogP contribution < -0.4 is 15.3 Å². The Morgan fingerprint density at radius 2 is 1.35 bits per heavy atom. The summed E-state index contributed by atoms with van der Waals surface area (Å²) in [5.41, 5.74) is 3.31. The molecule has 3 aromatic carbocycles. The maximum absolute atomic E-state index is 12.7. The lowest BCUT2D eigenvalue weighted by Gasteiger charge is -2.14. The number of fused-ring (bicyclic) bond motifs is 1. The van der Waals surface area contributed by atoms with Gasteiger partial charge in [-0.05, 0) is 79.1 Å². The number of carboxylic acids is 1. The lowest BCUT2D eigenvalue weighted by Crippen LogP contribution is -2.29. The van der Waals surface area contributed by atoms with Crippen molar-refractivity contribution in [3.63, 3.8) is 0 Å². The highest BCUT2D eigenvalue weighted by atomic mass is 16.4. The Bertz CT molecular complexity index is 1240. The molecule has 0 saturated carbocycles.